The maximum absolute atomic E-state index is 14.7. The van der Waals surface area contributed by atoms with Gasteiger partial charge in [0.15, 0.2) is 0 Å². The van der Waals surface area contributed by atoms with Crippen LogP contribution >= 0.6 is 11.6 Å². The summed E-state index contributed by atoms with van der Waals surface area (Å²) in [5, 5.41) is 0.405. The molecule has 0 bridgehead atoms. The third-order valence-corrected chi connectivity index (χ3v) is 7.12. The van der Waals surface area contributed by atoms with Crippen LogP contribution in [0.5, 0.6) is 0 Å². The number of rotatable bonds is 2. The monoisotopic (exact) mass is 493 g/mol. The van der Waals surface area contributed by atoms with Gasteiger partial charge in [0.05, 0.1) is 23.6 Å². The van der Waals surface area contributed by atoms with E-state index in [1.54, 1.807) is 36.4 Å². The van der Waals surface area contributed by atoms with E-state index in [-0.39, 0.29) is 11.1 Å². The summed E-state index contributed by atoms with van der Waals surface area (Å²) < 4.78 is 34.3. The topological polar surface area (TPSA) is 80.8 Å². The summed E-state index contributed by atoms with van der Waals surface area (Å²) in [7, 11) is 0. The number of ether oxygens (including phenoxy) is 1. The molecule has 0 saturated carbocycles. The molecule has 35 heavy (non-hydrogen) atoms. The number of Topliss-reactive ketones (excluding diaryl/α,β-unsaturated/α-hetero) is 2. The molecule has 2 fully saturated rings. The molecule has 1 aliphatic carbocycles. The maximum Gasteiger partial charge on any atom is 0.241 e. The van der Waals surface area contributed by atoms with E-state index in [9.17, 15) is 28.0 Å². The number of nitrogens with zero attached hydrogens (tertiary/aromatic N) is 1. The molecule has 0 radical (unpaired) electrons. The molecule has 3 aliphatic rings. The van der Waals surface area contributed by atoms with Gasteiger partial charge in [0.2, 0.25) is 29.0 Å². The number of halogens is 3. The van der Waals surface area contributed by atoms with E-state index < -0.39 is 64.2 Å². The van der Waals surface area contributed by atoms with Crippen LogP contribution in [0, 0.1) is 23.5 Å². The van der Waals surface area contributed by atoms with Crippen LogP contribution in [0.25, 0.3) is 0 Å². The fourth-order valence-electron chi connectivity index (χ4n) is 5.37. The lowest BCUT2D eigenvalue weighted by Crippen LogP contribution is -2.51. The van der Waals surface area contributed by atoms with E-state index in [4.69, 9.17) is 16.3 Å². The number of fused-ring (bicyclic) bond motifs is 3. The van der Waals surface area contributed by atoms with Gasteiger partial charge >= 0.3 is 0 Å². The standard InChI is InChI=1S/C26H14ClF2NO5/c27-13-7-5-12(6-8-13)21-19-20(25(34)30(24(19)33)18-10-9-14(28)11-17(18)29)26(35-21)22(31)15-3-1-2-4-16(15)23(26)32/h1-11,19-21H/t19-,20-,21-/m0/s1. The Balaban J connectivity index is 1.55. The highest BCUT2D eigenvalue weighted by atomic mass is 35.5. The molecule has 3 atom stereocenters. The quantitative estimate of drug-likeness (QED) is 0.392. The van der Waals surface area contributed by atoms with Gasteiger partial charge in [0.1, 0.15) is 11.6 Å². The summed E-state index contributed by atoms with van der Waals surface area (Å²) in [4.78, 5) is 55.2. The number of benzene rings is 3. The highest BCUT2D eigenvalue weighted by Crippen LogP contribution is 2.57. The molecular weight excluding hydrogens is 480 g/mol. The Morgan fingerprint density at radius 2 is 1.46 bits per heavy atom. The van der Waals surface area contributed by atoms with Crippen molar-refractivity contribution in [3.8, 4) is 0 Å². The number of carbonyl (C=O) groups excluding carboxylic acids is 4. The van der Waals surface area contributed by atoms with Crippen molar-refractivity contribution in [3.05, 3.63) is 100 Å². The third-order valence-electron chi connectivity index (χ3n) is 6.87. The summed E-state index contributed by atoms with van der Waals surface area (Å²) >= 11 is 5.99. The minimum absolute atomic E-state index is 0.0830. The smallest absolute Gasteiger partial charge is 0.241 e. The number of ketones is 2. The van der Waals surface area contributed by atoms with Gasteiger partial charge in [-0.1, -0.05) is 48.0 Å². The van der Waals surface area contributed by atoms with E-state index in [1.165, 1.54) is 12.1 Å². The highest BCUT2D eigenvalue weighted by molar-refractivity contribution is 6.37. The van der Waals surface area contributed by atoms with Crippen LogP contribution in [0.1, 0.15) is 32.4 Å². The van der Waals surface area contributed by atoms with Crippen molar-refractivity contribution in [2.45, 2.75) is 11.7 Å². The van der Waals surface area contributed by atoms with Crippen LogP contribution in [0.3, 0.4) is 0 Å². The first-order valence-corrected chi connectivity index (χ1v) is 11.1. The van der Waals surface area contributed by atoms with Gasteiger partial charge in [0.25, 0.3) is 0 Å². The molecule has 1 spiro atoms. The van der Waals surface area contributed by atoms with Crippen molar-refractivity contribution in [3.63, 3.8) is 0 Å². The Kier molecular flexibility index (Phi) is 4.58. The number of anilines is 1. The molecule has 0 unspecified atom stereocenters. The van der Waals surface area contributed by atoms with Gasteiger partial charge in [-0.3, -0.25) is 19.2 Å². The predicted molar refractivity (Wildman–Crippen MR) is 119 cm³/mol. The average molecular weight is 494 g/mol. The average Bonchev–Trinajstić information content (AvgIpc) is 3.40. The Morgan fingerprint density at radius 3 is 2.06 bits per heavy atom. The maximum atomic E-state index is 14.7. The van der Waals surface area contributed by atoms with Crippen LogP contribution < -0.4 is 4.90 Å². The van der Waals surface area contributed by atoms with E-state index in [2.05, 4.69) is 0 Å². The molecule has 3 aromatic carbocycles. The largest absolute Gasteiger partial charge is 0.349 e. The summed E-state index contributed by atoms with van der Waals surface area (Å²) in [6.45, 7) is 0. The van der Waals surface area contributed by atoms with E-state index >= 15 is 0 Å². The second-order valence-corrected chi connectivity index (χ2v) is 9.08. The summed E-state index contributed by atoms with van der Waals surface area (Å²) in [6, 6.07) is 14.7. The summed E-state index contributed by atoms with van der Waals surface area (Å²) in [6.07, 6.45) is -1.16. The van der Waals surface area contributed by atoms with Gasteiger partial charge in [-0.25, -0.2) is 13.7 Å². The van der Waals surface area contributed by atoms with Gasteiger partial charge in [-0.05, 0) is 29.8 Å². The zero-order chi connectivity index (χ0) is 24.6. The lowest BCUT2D eigenvalue weighted by Gasteiger charge is -2.27. The first-order chi connectivity index (χ1) is 16.8. The first-order valence-electron chi connectivity index (χ1n) is 10.7. The van der Waals surface area contributed by atoms with Gasteiger partial charge < -0.3 is 4.74 Å². The normalized spacial score (nSPS) is 24.4. The van der Waals surface area contributed by atoms with Crippen LogP contribution in [-0.4, -0.2) is 29.0 Å². The minimum Gasteiger partial charge on any atom is -0.349 e. The fourth-order valence-corrected chi connectivity index (χ4v) is 5.50. The van der Waals surface area contributed by atoms with Gasteiger partial charge in [-0.2, -0.15) is 0 Å². The van der Waals surface area contributed by atoms with Crippen molar-refractivity contribution in [2.24, 2.45) is 11.8 Å². The van der Waals surface area contributed by atoms with E-state index in [0.29, 0.717) is 21.6 Å². The highest BCUT2D eigenvalue weighted by Gasteiger charge is 2.74. The zero-order valence-corrected chi connectivity index (χ0v) is 18.5. The molecule has 2 saturated heterocycles. The molecule has 6 nitrogen and oxygen atoms in total. The lowest BCUT2D eigenvalue weighted by atomic mass is 9.77. The van der Waals surface area contributed by atoms with Gasteiger partial charge in [0, 0.05) is 22.2 Å². The number of amides is 2. The number of hydrogen-bond acceptors (Lipinski definition) is 5. The van der Waals surface area contributed by atoms with Crippen LogP contribution in [0.4, 0.5) is 14.5 Å². The summed E-state index contributed by atoms with van der Waals surface area (Å²) in [5.74, 6) is -8.12. The first kappa shape index (κ1) is 21.8. The molecule has 2 amide bonds. The second kappa shape index (κ2) is 7.37. The Bertz CT molecular complexity index is 1440. The summed E-state index contributed by atoms with van der Waals surface area (Å²) in [5.41, 5.74) is -2.16. The molecule has 174 valence electrons. The van der Waals surface area contributed by atoms with Crippen molar-refractivity contribution >= 4 is 40.7 Å². The number of imide groups is 1. The van der Waals surface area contributed by atoms with Crippen LogP contribution in [-0.2, 0) is 14.3 Å². The fraction of sp³-hybridized carbons (Fsp3) is 0.154. The molecule has 6 rings (SSSR count). The molecule has 2 aliphatic heterocycles. The van der Waals surface area contributed by atoms with Crippen molar-refractivity contribution in [2.75, 3.05) is 4.90 Å². The zero-order valence-electron chi connectivity index (χ0n) is 17.7. The van der Waals surface area contributed by atoms with E-state index in [0.717, 1.165) is 12.1 Å². The van der Waals surface area contributed by atoms with E-state index in [1.807, 2.05) is 0 Å². The van der Waals surface area contributed by atoms with Crippen LogP contribution in [0.2, 0.25) is 5.02 Å². The third kappa shape index (κ3) is 2.78. The predicted octanol–water partition coefficient (Wildman–Crippen LogP) is 4.31. The molecule has 0 N–H and O–H groups in total. The SMILES string of the molecule is O=C1[C@H]2[C@@H](C(=O)N1c1ccc(F)cc1F)C1(O[C@H]2c2ccc(Cl)cc2)C(=O)c2ccccc2C1=O. The molecule has 9 heteroatoms. The molecule has 0 aromatic heterocycles. The molecule has 2 heterocycles. The molecule has 3 aromatic rings. The van der Waals surface area contributed by atoms with Crippen molar-refractivity contribution in [1.82, 2.24) is 0 Å². The van der Waals surface area contributed by atoms with Gasteiger partial charge in [-0.15, -0.1) is 0 Å². The number of hydrogen-bond donors (Lipinski definition) is 0. The van der Waals surface area contributed by atoms with Crippen molar-refractivity contribution in [1.29, 1.82) is 0 Å². The number of carbonyl (C=O) groups is 4. The van der Waals surface area contributed by atoms with Crippen LogP contribution in [0.15, 0.2) is 66.7 Å². The Labute approximate surface area is 202 Å². The second-order valence-electron chi connectivity index (χ2n) is 8.64. The Morgan fingerprint density at radius 1 is 0.829 bits per heavy atom. The molecular formula is C26H14ClF2NO5. The minimum atomic E-state index is -2.28. The van der Waals surface area contributed by atoms with Crippen molar-refractivity contribution < 1.29 is 32.7 Å². The lowest BCUT2D eigenvalue weighted by molar-refractivity contribution is -0.127. The Hall–Kier alpha value is -3.75.